The summed E-state index contributed by atoms with van der Waals surface area (Å²) in [5.41, 5.74) is 2.18. The van der Waals surface area contributed by atoms with E-state index >= 15 is 0 Å². The Bertz CT molecular complexity index is 355. The number of hydrogen-bond donors (Lipinski definition) is 0. The van der Waals surface area contributed by atoms with Gasteiger partial charge in [-0.2, -0.15) is 0 Å². The van der Waals surface area contributed by atoms with Crippen LogP contribution in [0.15, 0.2) is 32.7 Å². The van der Waals surface area contributed by atoms with Gasteiger partial charge in [-0.25, -0.2) is 4.39 Å². The minimum Gasteiger partial charge on any atom is -0.302 e. The van der Waals surface area contributed by atoms with Gasteiger partial charge in [0.15, 0.2) is 0 Å². The number of likely N-dealkylation sites (N-methyl/N-ethyl adjacent to an activating group) is 1. The zero-order chi connectivity index (χ0) is 10.8. The van der Waals surface area contributed by atoms with Crippen LogP contribution in [0, 0.1) is 0 Å². The molecule has 0 radical (unpaired) electrons. The third-order valence-corrected chi connectivity index (χ3v) is 3.84. The van der Waals surface area contributed by atoms with Crippen molar-refractivity contribution < 1.29 is 4.39 Å². The second-order valence-electron chi connectivity index (χ2n) is 4.16. The van der Waals surface area contributed by atoms with Crippen LogP contribution in [0.3, 0.4) is 0 Å². The van der Waals surface area contributed by atoms with E-state index < -0.39 is 0 Å². The van der Waals surface area contributed by atoms with E-state index in [0.29, 0.717) is 0 Å². The second-order valence-corrected chi connectivity index (χ2v) is 5.54. The number of halogens is 2. The summed E-state index contributed by atoms with van der Waals surface area (Å²) in [7, 11) is 2.10. The summed E-state index contributed by atoms with van der Waals surface area (Å²) in [6.45, 7) is 2.00. The fourth-order valence-corrected chi connectivity index (χ4v) is 2.56. The Kier molecular flexibility index (Phi) is 3.61. The van der Waals surface area contributed by atoms with Gasteiger partial charge in [0.25, 0.3) is 0 Å². The molecule has 0 atom stereocenters. The van der Waals surface area contributed by atoms with Crippen LogP contribution in [-0.4, -0.2) is 25.0 Å². The molecule has 0 bridgehead atoms. The SMILES string of the molecule is CN1CC=C(C2=C(F)C=C(I)CC2)CC1. The first kappa shape index (κ1) is 11.3. The number of rotatable bonds is 1. The molecule has 1 aliphatic carbocycles. The molecule has 2 aliphatic rings. The molecule has 0 saturated heterocycles. The van der Waals surface area contributed by atoms with Crippen molar-refractivity contribution in [2.24, 2.45) is 0 Å². The maximum Gasteiger partial charge on any atom is 0.127 e. The topological polar surface area (TPSA) is 3.24 Å². The predicted molar refractivity (Wildman–Crippen MR) is 69.7 cm³/mol. The number of hydrogen-bond acceptors (Lipinski definition) is 1. The minimum atomic E-state index is -0.0125. The fourth-order valence-electron chi connectivity index (χ4n) is 2.02. The molecule has 3 heteroatoms. The smallest absolute Gasteiger partial charge is 0.127 e. The molecular formula is C12H15FIN. The van der Waals surface area contributed by atoms with Crippen LogP contribution in [-0.2, 0) is 0 Å². The molecule has 0 unspecified atom stereocenters. The van der Waals surface area contributed by atoms with Crippen LogP contribution in [0.25, 0.3) is 0 Å². The first-order valence-electron chi connectivity index (χ1n) is 5.29. The highest BCUT2D eigenvalue weighted by Crippen LogP contribution is 2.34. The number of nitrogens with zero attached hydrogens (tertiary/aromatic N) is 1. The van der Waals surface area contributed by atoms with Crippen molar-refractivity contribution in [3.63, 3.8) is 0 Å². The molecule has 0 aromatic carbocycles. The Hall–Kier alpha value is -0.160. The predicted octanol–water partition coefficient (Wildman–Crippen LogP) is 3.58. The Morgan fingerprint density at radius 2 is 2.13 bits per heavy atom. The molecule has 82 valence electrons. The lowest BCUT2D eigenvalue weighted by Crippen LogP contribution is -2.24. The average molecular weight is 319 g/mol. The first-order valence-corrected chi connectivity index (χ1v) is 6.37. The summed E-state index contributed by atoms with van der Waals surface area (Å²) in [5, 5.41) is 0. The van der Waals surface area contributed by atoms with E-state index in [1.165, 1.54) is 5.57 Å². The van der Waals surface area contributed by atoms with E-state index in [4.69, 9.17) is 0 Å². The lowest BCUT2D eigenvalue weighted by molar-refractivity contribution is 0.359. The molecule has 15 heavy (non-hydrogen) atoms. The van der Waals surface area contributed by atoms with Crippen LogP contribution < -0.4 is 0 Å². The lowest BCUT2D eigenvalue weighted by atomic mass is 9.92. The summed E-state index contributed by atoms with van der Waals surface area (Å²) >= 11 is 2.22. The Morgan fingerprint density at radius 3 is 2.73 bits per heavy atom. The van der Waals surface area contributed by atoms with Gasteiger partial charge in [0.1, 0.15) is 5.83 Å². The summed E-state index contributed by atoms with van der Waals surface area (Å²) in [5.74, 6) is -0.0125. The zero-order valence-electron chi connectivity index (χ0n) is 8.89. The first-order chi connectivity index (χ1) is 7.16. The van der Waals surface area contributed by atoms with Crippen LogP contribution >= 0.6 is 22.6 Å². The van der Waals surface area contributed by atoms with Gasteiger partial charge in [0.2, 0.25) is 0 Å². The Morgan fingerprint density at radius 1 is 1.33 bits per heavy atom. The molecule has 0 saturated carbocycles. The Balaban J connectivity index is 2.21. The van der Waals surface area contributed by atoms with Gasteiger partial charge in [0, 0.05) is 13.1 Å². The summed E-state index contributed by atoms with van der Waals surface area (Å²) in [6, 6.07) is 0. The summed E-state index contributed by atoms with van der Waals surface area (Å²) < 4.78 is 14.9. The van der Waals surface area contributed by atoms with Crippen LogP contribution in [0.4, 0.5) is 4.39 Å². The van der Waals surface area contributed by atoms with Crippen molar-refractivity contribution >= 4 is 22.6 Å². The molecule has 1 aliphatic heterocycles. The van der Waals surface area contributed by atoms with E-state index in [1.54, 1.807) is 6.08 Å². The van der Waals surface area contributed by atoms with Gasteiger partial charge in [-0.15, -0.1) is 0 Å². The lowest BCUT2D eigenvalue weighted by Gasteiger charge is -2.24. The van der Waals surface area contributed by atoms with Crippen molar-refractivity contribution in [1.29, 1.82) is 0 Å². The van der Waals surface area contributed by atoms with Crippen LogP contribution in [0.2, 0.25) is 0 Å². The van der Waals surface area contributed by atoms with Crippen LogP contribution in [0.1, 0.15) is 19.3 Å². The zero-order valence-corrected chi connectivity index (χ0v) is 11.1. The van der Waals surface area contributed by atoms with Crippen molar-refractivity contribution in [3.05, 3.63) is 32.7 Å². The molecule has 0 aromatic rings. The van der Waals surface area contributed by atoms with Crippen molar-refractivity contribution in [1.82, 2.24) is 4.90 Å². The quantitative estimate of drug-likeness (QED) is 0.668. The van der Waals surface area contributed by atoms with E-state index in [2.05, 4.69) is 40.6 Å². The van der Waals surface area contributed by atoms with Crippen LogP contribution in [0.5, 0.6) is 0 Å². The molecule has 1 nitrogen and oxygen atoms in total. The summed E-state index contributed by atoms with van der Waals surface area (Å²) in [6.07, 6.45) is 6.71. The van der Waals surface area contributed by atoms with E-state index in [-0.39, 0.29) is 5.83 Å². The number of allylic oxidation sites excluding steroid dienone is 4. The normalized spacial score (nSPS) is 23.9. The third kappa shape index (κ3) is 2.69. The third-order valence-electron chi connectivity index (χ3n) is 2.99. The highest BCUT2D eigenvalue weighted by Gasteiger charge is 2.18. The molecule has 0 N–H and O–H groups in total. The van der Waals surface area contributed by atoms with Crippen molar-refractivity contribution in [2.45, 2.75) is 19.3 Å². The standard InChI is InChI=1S/C12H15FIN/c1-15-6-4-9(5-7-15)11-3-2-10(14)8-12(11)13/h4,8H,2-3,5-7H2,1H3. The highest BCUT2D eigenvalue weighted by atomic mass is 127. The van der Waals surface area contributed by atoms with Crippen molar-refractivity contribution in [3.8, 4) is 0 Å². The monoisotopic (exact) mass is 319 g/mol. The van der Waals surface area contributed by atoms with Gasteiger partial charge >= 0.3 is 0 Å². The van der Waals surface area contributed by atoms with Gasteiger partial charge in [-0.05, 0) is 69.7 Å². The van der Waals surface area contributed by atoms with E-state index in [0.717, 1.165) is 41.5 Å². The van der Waals surface area contributed by atoms with E-state index in [9.17, 15) is 4.39 Å². The molecule has 2 rings (SSSR count). The van der Waals surface area contributed by atoms with Gasteiger partial charge in [0.05, 0.1) is 0 Å². The fraction of sp³-hybridized carbons (Fsp3) is 0.500. The van der Waals surface area contributed by atoms with E-state index in [1.807, 2.05) is 0 Å². The van der Waals surface area contributed by atoms with Crippen molar-refractivity contribution in [2.75, 3.05) is 20.1 Å². The molecule has 0 amide bonds. The Labute approximate surface area is 104 Å². The van der Waals surface area contributed by atoms with Gasteiger partial charge < -0.3 is 4.90 Å². The van der Waals surface area contributed by atoms with Gasteiger partial charge in [-0.1, -0.05) is 6.08 Å². The summed E-state index contributed by atoms with van der Waals surface area (Å²) in [4.78, 5) is 2.25. The molecule has 1 heterocycles. The second kappa shape index (κ2) is 4.78. The average Bonchev–Trinajstić information content (AvgIpc) is 2.20. The highest BCUT2D eigenvalue weighted by molar-refractivity contribution is 14.1. The maximum absolute atomic E-state index is 13.7. The molecular weight excluding hydrogens is 304 g/mol. The largest absolute Gasteiger partial charge is 0.302 e. The molecule has 0 fully saturated rings. The maximum atomic E-state index is 13.7. The molecule has 0 spiro atoms. The molecule has 0 aromatic heterocycles. The minimum absolute atomic E-state index is 0.0125. The van der Waals surface area contributed by atoms with Gasteiger partial charge in [-0.3, -0.25) is 0 Å².